The maximum absolute atomic E-state index is 5.96. The molecule has 1 atom stereocenters. The second-order valence-corrected chi connectivity index (χ2v) is 6.00. The van der Waals surface area contributed by atoms with E-state index < -0.39 is 0 Å². The first-order chi connectivity index (χ1) is 10.0. The van der Waals surface area contributed by atoms with Gasteiger partial charge in [-0.3, -0.25) is 4.98 Å². The van der Waals surface area contributed by atoms with Gasteiger partial charge in [0.15, 0.2) is 0 Å². The van der Waals surface area contributed by atoms with Gasteiger partial charge in [0.1, 0.15) is 18.5 Å². The first kappa shape index (κ1) is 16.2. The summed E-state index contributed by atoms with van der Waals surface area (Å²) in [6.45, 7) is 10.2. The van der Waals surface area contributed by atoms with Crippen molar-refractivity contribution >= 4 is 0 Å². The third-order valence-corrected chi connectivity index (χ3v) is 3.52. The van der Waals surface area contributed by atoms with Gasteiger partial charge in [0.25, 0.3) is 0 Å². The van der Waals surface area contributed by atoms with Crippen LogP contribution in [-0.2, 0) is 11.3 Å². The Balaban J connectivity index is 1.94. The van der Waals surface area contributed by atoms with E-state index in [0.717, 1.165) is 43.4 Å². The van der Waals surface area contributed by atoms with Gasteiger partial charge in [-0.2, -0.15) is 0 Å². The van der Waals surface area contributed by atoms with Gasteiger partial charge in [0.05, 0.1) is 12.3 Å². The van der Waals surface area contributed by atoms with Crippen LogP contribution in [0.1, 0.15) is 25.2 Å². The Hall–Kier alpha value is -1.17. The van der Waals surface area contributed by atoms with E-state index in [9.17, 15) is 0 Å². The molecule has 1 N–H and O–H groups in total. The lowest BCUT2D eigenvalue weighted by molar-refractivity contribution is -0.0405. The minimum atomic E-state index is 0.135. The van der Waals surface area contributed by atoms with Crippen LogP contribution >= 0.6 is 0 Å². The van der Waals surface area contributed by atoms with Crippen molar-refractivity contribution < 1.29 is 9.47 Å². The molecule has 0 amide bonds. The summed E-state index contributed by atoms with van der Waals surface area (Å²) in [4.78, 5) is 6.86. The molecule has 21 heavy (non-hydrogen) atoms. The van der Waals surface area contributed by atoms with Gasteiger partial charge in [-0.15, -0.1) is 0 Å². The molecule has 118 valence electrons. The number of aromatic nitrogens is 1. The standard InChI is InChI=1S/C16H27N3O2/c1-12(2)17-9-15-16(6-5-13(3)18-15)21-11-14-10-19(4)7-8-20-14/h5-6,12,14,17H,7-11H2,1-4H3. The summed E-state index contributed by atoms with van der Waals surface area (Å²) in [5.41, 5.74) is 1.98. The molecule has 0 aliphatic carbocycles. The first-order valence-electron chi connectivity index (χ1n) is 7.67. The minimum Gasteiger partial charge on any atom is -0.489 e. The number of hydrogen-bond acceptors (Lipinski definition) is 5. The monoisotopic (exact) mass is 293 g/mol. The average Bonchev–Trinajstić information content (AvgIpc) is 2.44. The van der Waals surface area contributed by atoms with E-state index in [-0.39, 0.29) is 6.10 Å². The Labute approximate surface area is 127 Å². The van der Waals surface area contributed by atoms with Gasteiger partial charge >= 0.3 is 0 Å². The van der Waals surface area contributed by atoms with Crippen molar-refractivity contribution in [3.8, 4) is 5.75 Å². The summed E-state index contributed by atoms with van der Waals surface area (Å²) in [5.74, 6) is 0.852. The molecule has 0 saturated carbocycles. The second-order valence-electron chi connectivity index (χ2n) is 6.00. The van der Waals surface area contributed by atoms with E-state index in [4.69, 9.17) is 9.47 Å². The highest BCUT2D eigenvalue weighted by molar-refractivity contribution is 5.29. The van der Waals surface area contributed by atoms with Gasteiger partial charge < -0.3 is 19.7 Å². The van der Waals surface area contributed by atoms with Crippen LogP contribution in [0.2, 0.25) is 0 Å². The van der Waals surface area contributed by atoms with Crippen LogP contribution in [0.15, 0.2) is 12.1 Å². The molecule has 1 unspecified atom stereocenters. The van der Waals surface area contributed by atoms with Crippen molar-refractivity contribution in [2.24, 2.45) is 0 Å². The van der Waals surface area contributed by atoms with Crippen LogP contribution in [-0.4, -0.2) is 55.4 Å². The van der Waals surface area contributed by atoms with Gasteiger partial charge in [0.2, 0.25) is 0 Å². The fourth-order valence-electron chi connectivity index (χ4n) is 2.31. The van der Waals surface area contributed by atoms with E-state index >= 15 is 0 Å². The summed E-state index contributed by atoms with van der Waals surface area (Å²) in [7, 11) is 2.11. The van der Waals surface area contributed by atoms with Crippen molar-refractivity contribution in [3.63, 3.8) is 0 Å². The molecular weight excluding hydrogens is 266 g/mol. The predicted molar refractivity (Wildman–Crippen MR) is 83.7 cm³/mol. The van der Waals surface area contributed by atoms with Crippen molar-refractivity contribution in [3.05, 3.63) is 23.5 Å². The number of pyridine rings is 1. The average molecular weight is 293 g/mol. The number of morpholine rings is 1. The van der Waals surface area contributed by atoms with Gasteiger partial charge in [-0.05, 0) is 26.1 Å². The molecule has 2 rings (SSSR count). The minimum absolute atomic E-state index is 0.135. The second kappa shape index (κ2) is 7.73. The molecule has 0 spiro atoms. The largest absolute Gasteiger partial charge is 0.489 e. The normalized spacial score (nSPS) is 20.0. The highest BCUT2D eigenvalue weighted by atomic mass is 16.5. The van der Waals surface area contributed by atoms with Gasteiger partial charge in [0, 0.05) is 31.4 Å². The molecule has 1 aromatic rings. The number of nitrogens with zero attached hydrogens (tertiary/aromatic N) is 2. The molecule has 2 heterocycles. The fourth-order valence-corrected chi connectivity index (χ4v) is 2.31. The summed E-state index contributed by atoms with van der Waals surface area (Å²) < 4.78 is 11.7. The molecule has 1 aliphatic rings. The zero-order valence-corrected chi connectivity index (χ0v) is 13.6. The number of nitrogens with one attached hydrogen (secondary N) is 1. The molecule has 1 aromatic heterocycles. The summed E-state index contributed by atoms with van der Waals surface area (Å²) in [5, 5.41) is 3.39. The van der Waals surface area contributed by atoms with Crippen LogP contribution in [0, 0.1) is 6.92 Å². The molecule has 5 nitrogen and oxygen atoms in total. The Bertz CT molecular complexity index is 451. The molecule has 1 fully saturated rings. The van der Waals surface area contributed by atoms with Crippen LogP contribution in [0.25, 0.3) is 0 Å². The number of aryl methyl sites for hydroxylation is 1. The maximum Gasteiger partial charge on any atom is 0.142 e. The lowest BCUT2D eigenvalue weighted by Crippen LogP contribution is -2.42. The highest BCUT2D eigenvalue weighted by Crippen LogP contribution is 2.18. The quantitative estimate of drug-likeness (QED) is 0.863. The number of likely N-dealkylation sites (N-methyl/N-ethyl adjacent to an activating group) is 1. The zero-order valence-electron chi connectivity index (χ0n) is 13.6. The molecule has 0 radical (unpaired) electrons. The SMILES string of the molecule is Cc1ccc(OCC2CN(C)CCO2)c(CNC(C)C)n1. The summed E-state index contributed by atoms with van der Waals surface area (Å²) in [6, 6.07) is 4.42. The predicted octanol–water partition coefficient (Wildman–Crippen LogP) is 1.60. The number of rotatable bonds is 6. The molecular formula is C16H27N3O2. The van der Waals surface area contributed by atoms with Crippen molar-refractivity contribution in [2.45, 2.75) is 39.5 Å². The van der Waals surface area contributed by atoms with E-state index in [1.165, 1.54) is 0 Å². The van der Waals surface area contributed by atoms with Crippen molar-refractivity contribution in [1.29, 1.82) is 0 Å². The zero-order chi connectivity index (χ0) is 15.2. The first-order valence-corrected chi connectivity index (χ1v) is 7.67. The van der Waals surface area contributed by atoms with Gasteiger partial charge in [-0.1, -0.05) is 13.8 Å². The molecule has 0 bridgehead atoms. The third-order valence-electron chi connectivity index (χ3n) is 3.52. The highest BCUT2D eigenvalue weighted by Gasteiger charge is 2.19. The van der Waals surface area contributed by atoms with Crippen LogP contribution in [0.3, 0.4) is 0 Å². The van der Waals surface area contributed by atoms with Crippen LogP contribution in [0.4, 0.5) is 0 Å². The Morgan fingerprint density at radius 1 is 1.48 bits per heavy atom. The molecule has 5 heteroatoms. The smallest absolute Gasteiger partial charge is 0.142 e. The van der Waals surface area contributed by atoms with E-state index in [1.807, 2.05) is 19.1 Å². The van der Waals surface area contributed by atoms with E-state index in [0.29, 0.717) is 12.6 Å². The molecule has 1 saturated heterocycles. The van der Waals surface area contributed by atoms with Crippen LogP contribution in [0.5, 0.6) is 5.75 Å². The molecule has 0 aromatic carbocycles. The maximum atomic E-state index is 5.96. The van der Waals surface area contributed by atoms with E-state index in [2.05, 4.69) is 36.1 Å². The van der Waals surface area contributed by atoms with E-state index in [1.54, 1.807) is 0 Å². The van der Waals surface area contributed by atoms with Crippen molar-refractivity contribution in [1.82, 2.24) is 15.2 Å². The molecule has 1 aliphatic heterocycles. The number of hydrogen-bond donors (Lipinski definition) is 1. The van der Waals surface area contributed by atoms with Gasteiger partial charge in [-0.25, -0.2) is 0 Å². The Morgan fingerprint density at radius 3 is 3.00 bits per heavy atom. The lowest BCUT2D eigenvalue weighted by Gasteiger charge is -2.30. The van der Waals surface area contributed by atoms with Crippen LogP contribution < -0.4 is 10.1 Å². The number of ether oxygens (including phenoxy) is 2. The summed E-state index contributed by atoms with van der Waals surface area (Å²) >= 11 is 0. The summed E-state index contributed by atoms with van der Waals surface area (Å²) in [6.07, 6.45) is 0.135. The Morgan fingerprint density at radius 2 is 2.29 bits per heavy atom. The topological polar surface area (TPSA) is 46.6 Å². The lowest BCUT2D eigenvalue weighted by atomic mass is 10.2. The third kappa shape index (κ3) is 5.26. The Kier molecular flexibility index (Phi) is 5.96. The van der Waals surface area contributed by atoms with Crippen molar-refractivity contribution in [2.75, 3.05) is 33.4 Å². The fraction of sp³-hybridized carbons (Fsp3) is 0.688.